The summed E-state index contributed by atoms with van der Waals surface area (Å²) in [5.41, 5.74) is 13.7. The van der Waals surface area contributed by atoms with Gasteiger partial charge in [0.2, 0.25) is 0 Å². The molecular formula is C28H20. The molecule has 0 atom stereocenters. The fourth-order valence-electron chi connectivity index (χ4n) is 4.93. The van der Waals surface area contributed by atoms with Gasteiger partial charge in [-0.05, 0) is 55.6 Å². The van der Waals surface area contributed by atoms with Crippen molar-refractivity contribution in [1.82, 2.24) is 0 Å². The van der Waals surface area contributed by atoms with Gasteiger partial charge in [0.1, 0.15) is 0 Å². The lowest BCUT2D eigenvalue weighted by atomic mass is 9.84. The molecule has 0 bridgehead atoms. The maximum Gasteiger partial charge on any atom is 0.0214 e. The van der Waals surface area contributed by atoms with Gasteiger partial charge in [-0.2, -0.15) is 0 Å². The van der Waals surface area contributed by atoms with E-state index in [4.69, 9.17) is 0 Å². The van der Waals surface area contributed by atoms with Crippen molar-refractivity contribution >= 4 is 0 Å². The third-order valence-electron chi connectivity index (χ3n) is 6.31. The van der Waals surface area contributed by atoms with E-state index in [0.29, 0.717) is 5.92 Å². The number of fused-ring (bicyclic) bond motifs is 6. The first-order chi connectivity index (χ1) is 13.8. The van der Waals surface area contributed by atoms with Gasteiger partial charge in [0, 0.05) is 18.8 Å². The molecular weight excluding hydrogens is 336 g/mol. The van der Waals surface area contributed by atoms with Crippen molar-refractivity contribution in [2.24, 2.45) is 0 Å². The Morgan fingerprint density at radius 3 is 1.39 bits per heavy atom. The summed E-state index contributed by atoms with van der Waals surface area (Å²) in [6.45, 7) is 2.35. The molecule has 6 rings (SSSR count). The lowest BCUT2D eigenvalue weighted by Crippen LogP contribution is -2.03. The van der Waals surface area contributed by atoms with Crippen LogP contribution >= 0.6 is 0 Å². The topological polar surface area (TPSA) is 0 Å². The molecule has 28 heavy (non-hydrogen) atoms. The van der Waals surface area contributed by atoms with E-state index in [-0.39, 0.29) is 0 Å². The second-order valence-electron chi connectivity index (χ2n) is 7.80. The Kier molecular flexibility index (Phi) is 3.37. The predicted octanol–water partition coefficient (Wildman–Crippen LogP) is 7.00. The molecule has 0 heteroatoms. The summed E-state index contributed by atoms with van der Waals surface area (Å²) >= 11 is 0. The van der Waals surface area contributed by atoms with Gasteiger partial charge >= 0.3 is 0 Å². The second-order valence-corrected chi connectivity index (χ2v) is 7.80. The van der Waals surface area contributed by atoms with Gasteiger partial charge in [-0.3, -0.25) is 0 Å². The summed E-state index contributed by atoms with van der Waals surface area (Å²) in [6, 6.07) is 30.9. The third kappa shape index (κ3) is 2.18. The zero-order valence-electron chi connectivity index (χ0n) is 15.8. The molecule has 132 valence electrons. The number of hydrogen-bond acceptors (Lipinski definition) is 0. The highest BCUT2D eigenvalue weighted by molar-refractivity contribution is 5.84. The van der Waals surface area contributed by atoms with Crippen LogP contribution in [0.1, 0.15) is 46.2 Å². The maximum atomic E-state index is 2.36. The quantitative estimate of drug-likeness (QED) is 0.313. The van der Waals surface area contributed by atoms with Crippen LogP contribution in [0, 0.1) is 12.8 Å². The average Bonchev–Trinajstić information content (AvgIpc) is 3.31. The Hall–Kier alpha value is -3.12. The van der Waals surface area contributed by atoms with Gasteiger partial charge in [-0.1, -0.05) is 91.9 Å². The standard InChI is InChI=1S/C28H20/c1-18(21-12-6-14-25-23-10-4-2-8-19(23)16-27(21)25)22-13-7-15-26-24-11-5-3-9-20(24)17-28(22)26/h2-18H,1H3. The average molecular weight is 356 g/mol. The number of hydrogen-bond donors (Lipinski definition) is 0. The zero-order valence-corrected chi connectivity index (χ0v) is 15.8. The normalized spacial score (nSPS) is 13.2. The zero-order chi connectivity index (χ0) is 18.7. The molecule has 2 radical (unpaired) electrons. The second kappa shape index (κ2) is 5.94. The Morgan fingerprint density at radius 2 is 0.893 bits per heavy atom. The molecule has 0 amide bonds. The summed E-state index contributed by atoms with van der Waals surface area (Å²) < 4.78 is 0. The molecule has 0 saturated heterocycles. The SMILES string of the molecule is CC(c1cccc2c1[CH]c1ccccc1-2)c1cccc2c1[CH]c1ccccc1-2. The van der Waals surface area contributed by atoms with Crippen molar-refractivity contribution < 1.29 is 0 Å². The minimum atomic E-state index is 0.334. The number of benzene rings is 4. The highest BCUT2D eigenvalue weighted by atomic mass is 14.3. The fraction of sp³-hybridized carbons (Fsp3) is 0.0714. The lowest BCUT2D eigenvalue weighted by Gasteiger charge is -2.20. The van der Waals surface area contributed by atoms with Gasteiger partial charge in [0.25, 0.3) is 0 Å². The van der Waals surface area contributed by atoms with E-state index >= 15 is 0 Å². The first-order valence-corrected chi connectivity index (χ1v) is 9.95. The van der Waals surface area contributed by atoms with Crippen molar-refractivity contribution in [3.05, 3.63) is 131 Å². The minimum absolute atomic E-state index is 0.334. The third-order valence-corrected chi connectivity index (χ3v) is 6.31. The molecule has 0 spiro atoms. The van der Waals surface area contributed by atoms with E-state index in [1.54, 1.807) is 0 Å². The molecule has 0 nitrogen and oxygen atoms in total. The predicted molar refractivity (Wildman–Crippen MR) is 116 cm³/mol. The van der Waals surface area contributed by atoms with Crippen LogP contribution in [-0.2, 0) is 0 Å². The Bertz CT molecular complexity index is 1130. The van der Waals surface area contributed by atoms with Crippen molar-refractivity contribution in [3.8, 4) is 22.3 Å². The minimum Gasteiger partial charge on any atom is -0.0619 e. The molecule has 0 aliphatic heterocycles. The molecule has 0 fully saturated rings. The molecule has 0 unspecified atom stereocenters. The van der Waals surface area contributed by atoms with Gasteiger partial charge in [-0.15, -0.1) is 0 Å². The highest BCUT2D eigenvalue weighted by Gasteiger charge is 2.27. The Balaban J connectivity index is 1.48. The van der Waals surface area contributed by atoms with Crippen molar-refractivity contribution in [3.63, 3.8) is 0 Å². The maximum absolute atomic E-state index is 2.36. The lowest BCUT2D eigenvalue weighted by molar-refractivity contribution is 0.909. The van der Waals surface area contributed by atoms with Crippen LogP contribution in [0.25, 0.3) is 22.3 Å². The molecule has 0 aromatic heterocycles. The Morgan fingerprint density at radius 1 is 0.464 bits per heavy atom. The fourth-order valence-corrected chi connectivity index (χ4v) is 4.93. The van der Waals surface area contributed by atoms with Crippen molar-refractivity contribution in [1.29, 1.82) is 0 Å². The van der Waals surface area contributed by atoms with Gasteiger partial charge in [-0.25, -0.2) is 0 Å². The smallest absolute Gasteiger partial charge is 0.0214 e. The van der Waals surface area contributed by atoms with Crippen LogP contribution in [0.3, 0.4) is 0 Å². The summed E-state index contributed by atoms with van der Waals surface area (Å²) in [7, 11) is 0. The Labute approximate surface area is 166 Å². The number of rotatable bonds is 2. The van der Waals surface area contributed by atoms with Crippen LogP contribution in [0.5, 0.6) is 0 Å². The summed E-state index contributed by atoms with van der Waals surface area (Å²) in [5.74, 6) is 0.334. The van der Waals surface area contributed by atoms with Crippen LogP contribution in [0.15, 0.2) is 84.9 Å². The monoisotopic (exact) mass is 356 g/mol. The van der Waals surface area contributed by atoms with Crippen LogP contribution < -0.4 is 0 Å². The molecule has 4 aromatic carbocycles. The van der Waals surface area contributed by atoms with Crippen molar-refractivity contribution in [2.75, 3.05) is 0 Å². The van der Waals surface area contributed by atoms with E-state index < -0.39 is 0 Å². The first kappa shape index (κ1) is 15.9. The van der Waals surface area contributed by atoms with Gasteiger partial charge in [0.15, 0.2) is 0 Å². The largest absolute Gasteiger partial charge is 0.0619 e. The van der Waals surface area contributed by atoms with Crippen LogP contribution in [-0.4, -0.2) is 0 Å². The molecule has 0 saturated carbocycles. The summed E-state index contributed by atoms with van der Waals surface area (Å²) in [4.78, 5) is 0. The first-order valence-electron chi connectivity index (χ1n) is 9.95. The van der Waals surface area contributed by atoms with E-state index in [9.17, 15) is 0 Å². The van der Waals surface area contributed by atoms with Gasteiger partial charge in [0.05, 0.1) is 0 Å². The highest BCUT2D eigenvalue weighted by Crippen LogP contribution is 2.46. The molecule has 0 heterocycles. The summed E-state index contributed by atoms with van der Waals surface area (Å²) in [6.07, 6.45) is 4.72. The molecule has 2 aliphatic carbocycles. The van der Waals surface area contributed by atoms with Crippen LogP contribution in [0.2, 0.25) is 0 Å². The van der Waals surface area contributed by atoms with Crippen LogP contribution in [0.4, 0.5) is 0 Å². The van der Waals surface area contributed by atoms with Crippen molar-refractivity contribution in [2.45, 2.75) is 12.8 Å². The van der Waals surface area contributed by atoms with E-state index in [1.165, 1.54) is 55.6 Å². The molecule has 4 aromatic rings. The van der Waals surface area contributed by atoms with E-state index in [2.05, 4.69) is 105 Å². The molecule has 2 aliphatic rings. The van der Waals surface area contributed by atoms with E-state index in [1.807, 2.05) is 0 Å². The van der Waals surface area contributed by atoms with E-state index in [0.717, 1.165) is 0 Å². The van der Waals surface area contributed by atoms with Gasteiger partial charge < -0.3 is 0 Å². The molecule has 0 N–H and O–H groups in total. The summed E-state index contributed by atoms with van der Waals surface area (Å²) in [5, 5.41) is 0.